The number of carbonyl (C=O) groups is 2. The average Bonchev–Trinajstić information content (AvgIpc) is 3.05. The van der Waals surface area contributed by atoms with E-state index < -0.39 is 24.1 Å². The number of carboxylic acids is 1. The topological polar surface area (TPSA) is 104 Å². The summed E-state index contributed by atoms with van der Waals surface area (Å²) in [5.74, 6) is -0.909. The Kier molecular flexibility index (Phi) is 7.53. The Bertz CT molecular complexity index is 994. The van der Waals surface area contributed by atoms with Crippen LogP contribution in [-0.4, -0.2) is 45.6 Å². The SMILES string of the molecule is CC(=O)O[C@H]1CC2(C)[C@@H](C[C@@H](O)[C@H]3[C@@]4(C)CC[C@@H](O)[C@@H](C)[C@H]4CC[C@@]32C)/C1=C(/CCC=C(C)C)C(=O)O. The molecule has 0 amide bonds. The van der Waals surface area contributed by atoms with Crippen molar-refractivity contribution in [2.45, 2.75) is 118 Å². The highest BCUT2D eigenvalue weighted by molar-refractivity contribution is 5.88. The summed E-state index contributed by atoms with van der Waals surface area (Å²) >= 11 is 0. The van der Waals surface area contributed by atoms with Crippen LogP contribution < -0.4 is 0 Å². The predicted octanol–water partition coefficient (Wildman–Crippen LogP) is 5.67. The molecule has 6 nitrogen and oxygen atoms in total. The molecule has 0 radical (unpaired) electrons. The van der Waals surface area contributed by atoms with Crippen molar-refractivity contribution in [3.05, 3.63) is 22.8 Å². The van der Waals surface area contributed by atoms with Crippen LogP contribution in [-0.2, 0) is 14.3 Å². The lowest BCUT2D eigenvalue weighted by atomic mass is 9.36. The van der Waals surface area contributed by atoms with Gasteiger partial charge in [-0.15, -0.1) is 0 Å². The van der Waals surface area contributed by atoms with Gasteiger partial charge in [0, 0.05) is 12.5 Å². The summed E-state index contributed by atoms with van der Waals surface area (Å²) in [5, 5.41) is 32.9. The van der Waals surface area contributed by atoms with E-state index in [2.05, 4.69) is 27.7 Å². The van der Waals surface area contributed by atoms with Gasteiger partial charge in [-0.3, -0.25) is 4.79 Å². The average molecular weight is 517 g/mol. The summed E-state index contributed by atoms with van der Waals surface area (Å²) in [5.41, 5.74) is 1.57. The Balaban J connectivity index is 1.82. The van der Waals surface area contributed by atoms with E-state index >= 15 is 0 Å². The minimum absolute atomic E-state index is 0.0474. The first-order valence-electron chi connectivity index (χ1n) is 14.3. The number of fused-ring (bicyclic) bond motifs is 5. The van der Waals surface area contributed by atoms with E-state index in [1.807, 2.05) is 19.9 Å². The lowest BCUT2D eigenvalue weighted by Crippen LogP contribution is -2.65. The largest absolute Gasteiger partial charge is 0.478 e. The summed E-state index contributed by atoms with van der Waals surface area (Å²) in [6, 6.07) is 0. The number of ether oxygens (including phenoxy) is 1. The number of hydrogen-bond acceptors (Lipinski definition) is 5. The molecule has 4 aliphatic rings. The number of hydrogen-bond donors (Lipinski definition) is 3. The van der Waals surface area contributed by atoms with Crippen LogP contribution in [0.4, 0.5) is 0 Å². The molecule has 6 heteroatoms. The Labute approximate surface area is 222 Å². The molecule has 0 heterocycles. The third-order valence-corrected chi connectivity index (χ3v) is 11.6. The molecule has 0 saturated heterocycles. The van der Waals surface area contributed by atoms with Gasteiger partial charge in [-0.1, -0.05) is 39.3 Å². The second kappa shape index (κ2) is 9.82. The lowest BCUT2D eigenvalue weighted by Gasteiger charge is -2.69. The molecule has 37 heavy (non-hydrogen) atoms. The van der Waals surface area contributed by atoms with E-state index in [9.17, 15) is 24.9 Å². The second-order valence-electron chi connectivity index (χ2n) is 13.6. The molecule has 3 N–H and O–H groups in total. The van der Waals surface area contributed by atoms with Gasteiger partial charge < -0.3 is 20.1 Å². The molecule has 4 rings (SSSR count). The molecule has 0 bridgehead atoms. The number of aliphatic hydroxyl groups excluding tert-OH is 2. The van der Waals surface area contributed by atoms with Crippen molar-refractivity contribution in [2.75, 3.05) is 0 Å². The fourth-order valence-corrected chi connectivity index (χ4v) is 9.79. The fraction of sp³-hybridized carbons (Fsp3) is 0.806. The van der Waals surface area contributed by atoms with Crippen molar-refractivity contribution < 1.29 is 29.6 Å². The molecular weight excluding hydrogens is 468 g/mol. The third-order valence-electron chi connectivity index (χ3n) is 11.6. The van der Waals surface area contributed by atoms with E-state index in [4.69, 9.17) is 4.74 Å². The van der Waals surface area contributed by atoms with Crippen LogP contribution in [0, 0.1) is 39.9 Å². The van der Waals surface area contributed by atoms with Gasteiger partial charge >= 0.3 is 11.9 Å². The molecule has 208 valence electrons. The fourth-order valence-electron chi connectivity index (χ4n) is 9.79. The number of carboxylic acid groups (broad SMARTS) is 1. The van der Waals surface area contributed by atoms with Crippen molar-refractivity contribution in [3.63, 3.8) is 0 Å². The molecular formula is C31H48O6. The van der Waals surface area contributed by atoms with Crippen molar-refractivity contribution >= 4 is 11.9 Å². The van der Waals surface area contributed by atoms with Crippen LogP contribution in [0.25, 0.3) is 0 Å². The maximum Gasteiger partial charge on any atom is 0.331 e. The summed E-state index contributed by atoms with van der Waals surface area (Å²) in [6.45, 7) is 14.5. The molecule has 0 aromatic carbocycles. The summed E-state index contributed by atoms with van der Waals surface area (Å²) in [6.07, 6.45) is 6.22. The van der Waals surface area contributed by atoms with Crippen LogP contribution in [0.1, 0.15) is 99.8 Å². The summed E-state index contributed by atoms with van der Waals surface area (Å²) < 4.78 is 5.87. The Hall–Kier alpha value is -1.66. The van der Waals surface area contributed by atoms with Gasteiger partial charge in [-0.05, 0) is 111 Å². The normalized spacial score (nSPS) is 46.2. The first-order valence-corrected chi connectivity index (χ1v) is 14.3. The van der Waals surface area contributed by atoms with Crippen molar-refractivity contribution in [1.82, 2.24) is 0 Å². The van der Waals surface area contributed by atoms with Gasteiger partial charge in [-0.2, -0.15) is 0 Å². The van der Waals surface area contributed by atoms with Gasteiger partial charge in [0.2, 0.25) is 0 Å². The number of aliphatic carboxylic acids is 1. The molecule has 0 spiro atoms. The maximum atomic E-state index is 12.6. The molecule has 4 aliphatic carbocycles. The first-order chi connectivity index (χ1) is 17.2. The highest BCUT2D eigenvalue weighted by Crippen LogP contribution is 2.74. The van der Waals surface area contributed by atoms with Gasteiger partial charge in [0.15, 0.2) is 0 Å². The number of carbonyl (C=O) groups excluding carboxylic acids is 1. The van der Waals surface area contributed by atoms with Gasteiger partial charge in [-0.25, -0.2) is 4.79 Å². The third kappa shape index (κ3) is 4.40. The number of rotatable bonds is 5. The Morgan fingerprint density at radius 3 is 2.30 bits per heavy atom. The standard InChI is InChI=1S/C31H48O6/c1-17(2)9-8-10-20(28(35)36)26-22-15-24(34)27-29(5)13-12-23(33)18(3)21(29)11-14-30(27,6)31(22,7)16-25(26)37-19(4)32/h9,18,21-25,27,33-34H,8,10-16H2,1-7H3,(H,35,36)/b26-20+/t18-,21+,22-,23+,24+,25-,27-,29-,30-,31?/m0/s1. The zero-order valence-corrected chi connectivity index (χ0v) is 23.8. The van der Waals surface area contributed by atoms with E-state index in [-0.39, 0.29) is 40.1 Å². The second-order valence-corrected chi connectivity index (χ2v) is 13.6. The number of aliphatic hydroxyl groups is 2. The van der Waals surface area contributed by atoms with Gasteiger partial charge in [0.05, 0.1) is 12.2 Å². The maximum absolute atomic E-state index is 12.6. The smallest absolute Gasteiger partial charge is 0.331 e. The lowest BCUT2D eigenvalue weighted by molar-refractivity contribution is -0.234. The number of allylic oxidation sites excluding steroid dienone is 2. The highest BCUT2D eigenvalue weighted by Gasteiger charge is 2.70. The minimum atomic E-state index is -0.953. The molecule has 10 atom stereocenters. The first kappa shape index (κ1) is 28.4. The van der Waals surface area contributed by atoms with Gasteiger partial charge in [0.25, 0.3) is 0 Å². The molecule has 0 aliphatic heterocycles. The van der Waals surface area contributed by atoms with Crippen LogP contribution in [0.2, 0.25) is 0 Å². The Morgan fingerprint density at radius 2 is 1.70 bits per heavy atom. The molecule has 4 saturated carbocycles. The summed E-state index contributed by atoms with van der Waals surface area (Å²) in [7, 11) is 0. The monoisotopic (exact) mass is 516 g/mol. The molecule has 0 aromatic rings. The van der Waals surface area contributed by atoms with E-state index in [0.29, 0.717) is 37.2 Å². The van der Waals surface area contributed by atoms with Gasteiger partial charge in [0.1, 0.15) is 6.10 Å². The summed E-state index contributed by atoms with van der Waals surface area (Å²) in [4.78, 5) is 24.8. The predicted molar refractivity (Wildman–Crippen MR) is 143 cm³/mol. The van der Waals surface area contributed by atoms with Crippen molar-refractivity contribution in [2.24, 2.45) is 39.9 Å². The van der Waals surface area contributed by atoms with Crippen molar-refractivity contribution in [1.29, 1.82) is 0 Å². The molecule has 1 unspecified atom stereocenters. The quantitative estimate of drug-likeness (QED) is 0.247. The highest BCUT2D eigenvalue weighted by atomic mass is 16.5. The van der Waals surface area contributed by atoms with Crippen molar-refractivity contribution in [3.8, 4) is 0 Å². The zero-order valence-electron chi connectivity index (χ0n) is 23.8. The molecule has 4 fully saturated rings. The van der Waals surface area contributed by atoms with Crippen LogP contribution in [0.5, 0.6) is 0 Å². The van der Waals surface area contributed by atoms with E-state index in [0.717, 1.165) is 36.8 Å². The number of esters is 1. The van der Waals surface area contributed by atoms with E-state index in [1.165, 1.54) is 6.92 Å². The van der Waals surface area contributed by atoms with Crippen LogP contribution >= 0.6 is 0 Å². The van der Waals surface area contributed by atoms with Crippen LogP contribution in [0.3, 0.4) is 0 Å². The Morgan fingerprint density at radius 1 is 1.03 bits per heavy atom. The molecule has 0 aromatic heterocycles. The van der Waals surface area contributed by atoms with E-state index in [1.54, 1.807) is 0 Å². The van der Waals surface area contributed by atoms with Crippen LogP contribution in [0.15, 0.2) is 22.8 Å². The minimum Gasteiger partial charge on any atom is -0.478 e. The zero-order chi connectivity index (χ0) is 27.5.